The van der Waals surface area contributed by atoms with E-state index in [4.69, 9.17) is 5.73 Å². The minimum atomic E-state index is -4.35. The lowest BCUT2D eigenvalue weighted by atomic mass is 9.96. The molecule has 1 saturated heterocycles. The molecule has 1 aromatic rings. The Morgan fingerprint density at radius 2 is 1.90 bits per heavy atom. The van der Waals surface area contributed by atoms with Crippen molar-refractivity contribution in [2.45, 2.75) is 19.0 Å². The highest BCUT2D eigenvalue weighted by Gasteiger charge is 2.31. The molecule has 2 N–H and O–H groups in total. The third kappa shape index (κ3) is 4.03. The topological polar surface area (TPSA) is 32.5 Å². The standard InChI is InChI=1S/C15H22F3N3/c1-20-7-5-11(6-8-20)10-21(2)14-4-3-12(9-13(14)19)15(16,17)18/h3-4,9,11H,5-8,10,19H2,1-2H3. The van der Waals surface area contributed by atoms with Gasteiger partial charge in [-0.15, -0.1) is 0 Å². The zero-order chi connectivity index (χ0) is 15.6. The smallest absolute Gasteiger partial charge is 0.397 e. The van der Waals surface area contributed by atoms with Crippen molar-refractivity contribution >= 4 is 11.4 Å². The summed E-state index contributed by atoms with van der Waals surface area (Å²) < 4.78 is 37.9. The van der Waals surface area contributed by atoms with Gasteiger partial charge in [0.25, 0.3) is 0 Å². The van der Waals surface area contributed by atoms with Gasteiger partial charge < -0.3 is 15.5 Å². The molecule has 1 fully saturated rings. The number of anilines is 2. The molecular formula is C15H22F3N3. The first-order valence-corrected chi connectivity index (χ1v) is 7.14. The summed E-state index contributed by atoms with van der Waals surface area (Å²) in [6.07, 6.45) is -2.12. The number of hydrogen-bond donors (Lipinski definition) is 1. The number of halogens is 3. The molecule has 0 bridgehead atoms. The highest BCUT2D eigenvalue weighted by atomic mass is 19.4. The van der Waals surface area contributed by atoms with Gasteiger partial charge in [-0.25, -0.2) is 0 Å². The van der Waals surface area contributed by atoms with Crippen molar-refractivity contribution in [1.29, 1.82) is 0 Å². The zero-order valence-electron chi connectivity index (χ0n) is 12.5. The van der Waals surface area contributed by atoms with Crippen LogP contribution in [0.25, 0.3) is 0 Å². The first-order chi connectivity index (χ1) is 9.77. The van der Waals surface area contributed by atoms with Crippen LogP contribution in [-0.4, -0.2) is 38.6 Å². The van der Waals surface area contributed by atoms with Crippen LogP contribution in [-0.2, 0) is 6.18 Å². The monoisotopic (exact) mass is 301 g/mol. The van der Waals surface area contributed by atoms with Gasteiger partial charge in [0.1, 0.15) is 0 Å². The molecule has 1 aromatic carbocycles. The van der Waals surface area contributed by atoms with Crippen LogP contribution in [0.4, 0.5) is 24.5 Å². The predicted octanol–water partition coefficient (Wildman–Crippen LogP) is 3.07. The van der Waals surface area contributed by atoms with Crippen LogP contribution >= 0.6 is 0 Å². The van der Waals surface area contributed by atoms with E-state index >= 15 is 0 Å². The summed E-state index contributed by atoms with van der Waals surface area (Å²) in [4.78, 5) is 4.26. The lowest BCUT2D eigenvalue weighted by Crippen LogP contribution is -2.35. The fourth-order valence-electron chi connectivity index (χ4n) is 2.81. The maximum absolute atomic E-state index is 12.6. The SMILES string of the molecule is CN1CCC(CN(C)c2ccc(C(F)(F)F)cc2N)CC1. The van der Waals surface area contributed by atoms with E-state index < -0.39 is 11.7 Å². The maximum atomic E-state index is 12.6. The second-order valence-corrected chi connectivity index (χ2v) is 5.90. The highest BCUT2D eigenvalue weighted by Crippen LogP contribution is 2.34. The van der Waals surface area contributed by atoms with E-state index in [0.717, 1.165) is 44.6 Å². The lowest BCUT2D eigenvalue weighted by molar-refractivity contribution is -0.137. The largest absolute Gasteiger partial charge is 0.416 e. The third-order valence-electron chi connectivity index (χ3n) is 4.14. The molecule has 0 amide bonds. The summed E-state index contributed by atoms with van der Waals surface area (Å²) >= 11 is 0. The van der Waals surface area contributed by atoms with E-state index in [0.29, 0.717) is 11.6 Å². The number of nitrogens with two attached hydrogens (primary N) is 1. The molecule has 6 heteroatoms. The van der Waals surface area contributed by atoms with Gasteiger partial charge in [0.05, 0.1) is 16.9 Å². The molecule has 0 spiro atoms. The summed E-state index contributed by atoms with van der Waals surface area (Å²) in [6.45, 7) is 2.96. The van der Waals surface area contributed by atoms with Crippen LogP contribution in [0, 0.1) is 5.92 Å². The molecule has 0 atom stereocenters. The summed E-state index contributed by atoms with van der Waals surface area (Å²) in [5.41, 5.74) is 5.95. The van der Waals surface area contributed by atoms with Crippen LogP contribution in [0.3, 0.4) is 0 Å². The van der Waals surface area contributed by atoms with Crippen LogP contribution < -0.4 is 10.6 Å². The Morgan fingerprint density at radius 3 is 2.43 bits per heavy atom. The molecule has 0 aromatic heterocycles. The van der Waals surface area contributed by atoms with E-state index in [1.54, 1.807) is 0 Å². The fraction of sp³-hybridized carbons (Fsp3) is 0.600. The minimum Gasteiger partial charge on any atom is -0.397 e. The average molecular weight is 301 g/mol. The van der Waals surface area contributed by atoms with Crippen molar-refractivity contribution in [2.75, 3.05) is 44.4 Å². The van der Waals surface area contributed by atoms with Crippen molar-refractivity contribution in [3.8, 4) is 0 Å². The molecule has 1 aliphatic heterocycles. The second kappa shape index (κ2) is 6.13. The van der Waals surface area contributed by atoms with E-state index in [1.165, 1.54) is 6.07 Å². The summed E-state index contributed by atoms with van der Waals surface area (Å²) in [5, 5.41) is 0. The molecule has 0 radical (unpaired) electrons. The maximum Gasteiger partial charge on any atom is 0.416 e. The summed E-state index contributed by atoms with van der Waals surface area (Å²) in [6, 6.07) is 3.57. The quantitative estimate of drug-likeness (QED) is 0.871. The summed E-state index contributed by atoms with van der Waals surface area (Å²) in [5.74, 6) is 0.563. The second-order valence-electron chi connectivity index (χ2n) is 5.90. The number of piperidine rings is 1. The first-order valence-electron chi connectivity index (χ1n) is 7.14. The average Bonchev–Trinajstić information content (AvgIpc) is 2.40. The molecule has 2 rings (SSSR count). The van der Waals surface area contributed by atoms with E-state index in [2.05, 4.69) is 11.9 Å². The Balaban J connectivity index is 2.04. The molecule has 0 unspecified atom stereocenters. The molecule has 1 heterocycles. The molecule has 0 aliphatic carbocycles. The normalized spacial score (nSPS) is 18.0. The molecule has 3 nitrogen and oxygen atoms in total. The van der Waals surface area contributed by atoms with Gasteiger partial charge in [-0.2, -0.15) is 13.2 Å². The van der Waals surface area contributed by atoms with Gasteiger partial charge in [0.2, 0.25) is 0 Å². The van der Waals surface area contributed by atoms with Crippen molar-refractivity contribution in [3.05, 3.63) is 23.8 Å². The van der Waals surface area contributed by atoms with Gasteiger partial charge in [-0.1, -0.05) is 0 Å². The molecule has 0 saturated carbocycles. The highest BCUT2D eigenvalue weighted by molar-refractivity contribution is 5.68. The van der Waals surface area contributed by atoms with E-state index in [1.807, 2.05) is 11.9 Å². The van der Waals surface area contributed by atoms with Gasteiger partial charge in [-0.05, 0) is 57.1 Å². The molecule has 21 heavy (non-hydrogen) atoms. The van der Waals surface area contributed by atoms with Gasteiger partial charge in [-0.3, -0.25) is 0 Å². The predicted molar refractivity (Wildman–Crippen MR) is 79.3 cm³/mol. The van der Waals surface area contributed by atoms with E-state index in [-0.39, 0.29) is 5.69 Å². The van der Waals surface area contributed by atoms with Crippen LogP contribution in [0.1, 0.15) is 18.4 Å². The zero-order valence-corrected chi connectivity index (χ0v) is 12.5. The Bertz CT molecular complexity index is 480. The third-order valence-corrected chi connectivity index (χ3v) is 4.14. The van der Waals surface area contributed by atoms with Crippen molar-refractivity contribution in [1.82, 2.24) is 4.90 Å². The summed E-state index contributed by atoms with van der Waals surface area (Å²) in [7, 11) is 3.99. The number of hydrogen-bond acceptors (Lipinski definition) is 3. The number of nitrogens with zero attached hydrogens (tertiary/aromatic N) is 2. The van der Waals surface area contributed by atoms with Crippen LogP contribution in [0.5, 0.6) is 0 Å². The Morgan fingerprint density at radius 1 is 1.29 bits per heavy atom. The minimum absolute atomic E-state index is 0.181. The van der Waals surface area contributed by atoms with Crippen molar-refractivity contribution < 1.29 is 13.2 Å². The fourth-order valence-corrected chi connectivity index (χ4v) is 2.81. The number of rotatable bonds is 3. The number of alkyl halides is 3. The van der Waals surface area contributed by atoms with E-state index in [9.17, 15) is 13.2 Å². The molecular weight excluding hydrogens is 279 g/mol. The van der Waals surface area contributed by atoms with Crippen molar-refractivity contribution in [2.24, 2.45) is 5.92 Å². The van der Waals surface area contributed by atoms with Gasteiger partial charge in [0, 0.05) is 13.6 Å². The lowest BCUT2D eigenvalue weighted by Gasteiger charge is -2.33. The first kappa shape index (κ1) is 15.9. The Hall–Kier alpha value is -1.43. The Labute approximate surface area is 123 Å². The van der Waals surface area contributed by atoms with Gasteiger partial charge >= 0.3 is 6.18 Å². The van der Waals surface area contributed by atoms with Gasteiger partial charge in [0.15, 0.2) is 0 Å². The Kier molecular flexibility index (Phi) is 4.66. The van der Waals surface area contributed by atoms with Crippen LogP contribution in [0.15, 0.2) is 18.2 Å². The number of nitrogen functional groups attached to an aromatic ring is 1. The van der Waals surface area contributed by atoms with Crippen LogP contribution in [0.2, 0.25) is 0 Å². The molecule has 118 valence electrons. The van der Waals surface area contributed by atoms with Crippen molar-refractivity contribution in [3.63, 3.8) is 0 Å². The number of likely N-dealkylation sites (tertiary alicyclic amines) is 1. The molecule has 1 aliphatic rings. The number of benzene rings is 1.